The van der Waals surface area contributed by atoms with Crippen LogP contribution in [-0.2, 0) is 0 Å². The molecule has 1 unspecified atom stereocenters. The summed E-state index contributed by atoms with van der Waals surface area (Å²) in [6, 6.07) is 0. The summed E-state index contributed by atoms with van der Waals surface area (Å²) >= 11 is 0. The highest BCUT2D eigenvalue weighted by Crippen LogP contribution is 1.86. The molecule has 4 N–H and O–H groups in total. The second-order valence-electron chi connectivity index (χ2n) is 1.43. The van der Waals surface area contributed by atoms with Crippen molar-refractivity contribution in [1.29, 1.82) is 0 Å². The zero-order valence-corrected chi connectivity index (χ0v) is 4.17. The van der Waals surface area contributed by atoms with Gasteiger partial charge >= 0.3 is 0 Å². The zero-order chi connectivity index (χ0) is 5.70. The van der Waals surface area contributed by atoms with Crippen molar-refractivity contribution in [3.05, 3.63) is 0 Å². The van der Waals surface area contributed by atoms with E-state index in [0.29, 0.717) is 12.8 Å². The van der Waals surface area contributed by atoms with Gasteiger partial charge in [-0.3, -0.25) is 0 Å². The molecule has 0 fully saturated rings. The molecule has 3 nitrogen and oxygen atoms in total. The highest BCUT2D eigenvalue weighted by Gasteiger charge is 1.91. The Labute approximate surface area is 42.8 Å². The molecular weight excluding hydrogens is 94.0 g/mol. The van der Waals surface area contributed by atoms with Crippen LogP contribution in [0.4, 0.5) is 0 Å². The second-order valence-corrected chi connectivity index (χ2v) is 1.43. The summed E-state index contributed by atoms with van der Waals surface area (Å²) in [6.45, 7) is 0.105. The van der Waals surface area contributed by atoms with Gasteiger partial charge in [-0.25, -0.2) is 0 Å². The lowest BCUT2D eigenvalue weighted by Gasteiger charge is -1.98. The lowest BCUT2D eigenvalue weighted by atomic mass is 10.3. The van der Waals surface area contributed by atoms with Gasteiger partial charge in [0.25, 0.3) is 0 Å². The smallest absolute Gasteiger partial charge is 0.102 e. The topological polar surface area (TPSA) is 66.5 Å². The van der Waals surface area contributed by atoms with E-state index in [4.69, 9.17) is 15.9 Å². The van der Waals surface area contributed by atoms with Gasteiger partial charge in [0, 0.05) is 6.61 Å². The molecular formula is C4H11NO2. The van der Waals surface area contributed by atoms with Crippen LogP contribution < -0.4 is 5.73 Å². The van der Waals surface area contributed by atoms with E-state index in [1.807, 2.05) is 0 Å². The summed E-state index contributed by atoms with van der Waals surface area (Å²) in [5.74, 6) is 0. The van der Waals surface area contributed by atoms with Crippen LogP contribution >= 0.6 is 0 Å². The van der Waals surface area contributed by atoms with E-state index in [1.165, 1.54) is 0 Å². The van der Waals surface area contributed by atoms with Gasteiger partial charge in [0.2, 0.25) is 0 Å². The number of hydrogen-bond donors (Lipinski definition) is 3. The van der Waals surface area contributed by atoms with Gasteiger partial charge in [0.1, 0.15) is 6.23 Å². The minimum absolute atomic E-state index is 0.105. The van der Waals surface area contributed by atoms with E-state index in [9.17, 15) is 0 Å². The fourth-order valence-corrected chi connectivity index (χ4v) is 0.300. The molecule has 0 saturated heterocycles. The molecule has 0 aromatic rings. The Kier molecular flexibility index (Phi) is 3.98. The molecule has 0 saturated carbocycles. The minimum Gasteiger partial charge on any atom is -0.396 e. The van der Waals surface area contributed by atoms with Crippen LogP contribution in [0.3, 0.4) is 0 Å². The molecule has 1 atom stereocenters. The van der Waals surface area contributed by atoms with Crippen molar-refractivity contribution in [2.75, 3.05) is 6.61 Å². The normalized spacial score (nSPS) is 14.1. The highest BCUT2D eigenvalue weighted by atomic mass is 16.3. The van der Waals surface area contributed by atoms with E-state index in [-0.39, 0.29) is 6.61 Å². The first-order valence-electron chi connectivity index (χ1n) is 2.32. The molecule has 0 heterocycles. The monoisotopic (exact) mass is 105 g/mol. The molecule has 0 aliphatic heterocycles. The van der Waals surface area contributed by atoms with Gasteiger partial charge in [0.15, 0.2) is 0 Å². The number of aliphatic hydroxyl groups is 2. The van der Waals surface area contributed by atoms with Gasteiger partial charge < -0.3 is 15.9 Å². The summed E-state index contributed by atoms with van der Waals surface area (Å²) in [5, 5.41) is 16.5. The van der Waals surface area contributed by atoms with Crippen LogP contribution in [0.5, 0.6) is 0 Å². The Bertz CT molecular complexity index is 38.7. The average Bonchev–Trinajstić information content (AvgIpc) is 1.61. The van der Waals surface area contributed by atoms with E-state index < -0.39 is 6.23 Å². The lowest BCUT2D eigenvalue weighted by molar-refractivity contribution is 0.156. The first-order valence-corrected chi connectivity index (χ1v) is 2.32. The van der Waals surface area contributed by atoms with Gasteiger partial charge in [-0.1, -0.05) is 0 Å². The molecule has 0 radical (unpaired) electrons. The van der Waals surface area contributed by atoms with Crippen molar-refractivity contribution < 1.29 is 10.2 Å². The molecule has 0 rings (SSSR count). The van der Waals surface area contributed by atoms with Crippen LogP contribution in [0.1, 0.15) is 12.8 Å². The van der Waals surface area contributed by atoms with Crippen molar-refractivity contribution in [3.8, 4) is 0 Å². The molecule has 44 valence electrons. The van der Waals surface area contributed by atoms with E-state index in [1.54, 1.807) is 0 Å². The van der Waals surface area contributed by atoms with Gasteiger partial charge in [-0.2, -0.15) is 0 Å². The number of rotatable bonds is 3. The molecule has 7 heavy (non-hydrogen) atoms. The first-order chi connectivity index (χ1) is 3.27. The standard InChI is InChI=1S/C4H11NO2/c5-4(7)2-1-3-6/h4,6-7H,1-3,5H2. The fraction of sp³-hybridized carbons (Fsp3) is 1.00. The van der Waals surface area contributed by atoms with Gasteiger partial charge in [-0.05, 0) is 12.8 Å². The SMILES string of the molecule is NC(O)CCCO. The Morgan fingerprint density at radius 1 is 1.57 bits per heavy atom. The fourth-order valence-electron chi connectivity index (χ4n) is 0.300. The zero-order valence-electron chi connectivity index (χ0n) is 4.17. The van der Waals surface area contributed by atoms with Crippen molar-refractivity contribution >= 4 is 0 Å². The number of hydrogen-bond acceptors (Lipinski definition) is 3. The highest BCUT2D eigenvalue weighted by molar-refractivity contribution is 4.42. The van der Waals surface area contributed by atoms with E-state index in [2.05, 4.69) is 0 Å². The Hall–Kier alpha value is -0.120. The number of aliphatic hydroxyl groups excluding tert-OH is 2. The second kappa shape index (κ2) is 4.05. The maximum absolute atomic E-state index is 8.35. The van der Waals surface area contributed by atoms with Crippen molar-refractivity contribution in [2.24, 2.45) is 5.73 Å². The molecule has 0 aromatic carbocycles. The summed E-state index contributed by atoms with van der Waals surface area (Å²) < 4.78 is 0. The minimum atomic E-state index is -0.757. The Balaban J connectivity index is 2.68. The summed E-state index contributed by atoms with van der Waals surface area (Å²) in [6.07, 6.45) is 0.306. The summed E-state index contributed by atoms with van der Waals surface area (Å²) in [5.41, 5.74) is 4.92. The quantitative estimate of drug-likeness (QED) is 0.405. The first kappa shape index (κ1) is 6.88. The van der Waals surface area contributed by atoms with Crippen molar-refractivity contribution in [1.82, 2.24) is 0 Å². The lowest BCUT2D eigenvalue weighted by Crippen LogP contribution is -2.18. The molecule has 0 aliphatic rings. The maximum atomic E-state index is 8.35. The molecule has 0 amide bonds. The number of nitrogens with two attached hydrogens (primary N) is 1. The third-order valence-electron chi connectivity index (χ3n) is 0.658. The predicted octanol–water partition coefficient (Wildman–Crippen LogP) is -0.964. The molecule has 3 heteroatoms. The van der Waals surface area contributed by atoms with Crippen LogP contribution in [-0.4, -0.2) is 23.0 Å². The van der Waals surface area contributed by atoms with Crippen molar-refractivity contribution in [3.63, 3.8) is 0 Å². The molecule has 0 aromatic heterocycles. The van der Waals surface area contributed by atoms with Crippen LogP contribution in [0, 0.1) is 0 Å². The van der Waals surface area contributed by atoms with Crippen LogP contribution in [0.25, 0.3) is 0 Å². The molecule has 0 bridgehead atoms. The molecule has 0 aliphatic carbocycles. The third kappa shape index (κ3) is 5.88. The van der Waals surface area contributed by atoms with Gasteiger partial charge in [-0.15, -0.1) is 0 Å². The largest absolute Gasteiger partial charge is 0.396 e. The van der Waals surface area contributed by atoms with Crippen LogP contribution in [0.15, 0.2) is 0 Å². The van der Waals surface area contributed by atoms with E-state index in [0.717, 1.165) is 0 Å². The molecule has 0 spiro atoms. The van der Waals surface area contributed by atoms with Crippen LogP contribution in [0.2, 0.25) is 0 Å². The predicted molar refractivity (Wildman–Crippen MR) is 26.5 cm³/mol. The third-order valence-corrected chi connectivity index (χ3v) is 0.658. The Morgan fingerprint density at radius 2 is 2.14 bits per heavy atom. The maximum Gasteiger partial charge on any atom is 0.102 e. The summed E-state index contributed by atoms with van der Waals surface area (Å²) in [7, 11) is 0. The Morgan fingerprint density at radius 3 is 2.29 bits per heavy atom. The summed E-state index contributed by atoms with van der Waals surface area (Å²) in [4.78, 5) is 0. The van der Waals surface area contributed by atoms with E-state index >= 15 is 0 Å². The van der Waals surface area contributed by atoms with Crippen molar-refractivity contribution in [2.45, 2.75) is 19.1 Å². The van der Waals surface area contributed by atoms with Gasteiger partial charge in [0.05, 0.1) is 0 Å². The average molecular weight is 105 g/mol.